The molecule has 0 aromatic carbocycles. The second-order valence-corrected chi connectivity index (χ2v) is 5.69. The molecule has 1 fully saturated rings. The Bertz CT molecular complexity index is 517. The number of nitrogens with one attached hydrogen (secondary N) is 1. The second-order valence-electron chi connectivity index (χ2n) is 5.69. The van der Waals surface area contributed by atoms with Crippen molar-refractivity contribution in [1.82, 2.24) is 20.3 Å². The number of aromatic nitrogens is 3. The zero-order valence-corrected chi connectivity index (χ0v) is 12.7. The summed E-state index contributed by atoms with van der Waals surface area (Å²) in [6.07, 6.45) is 6.22. The summed E-state index contributed by atoms with van der Waals surface area (Å²) in [6.45, 7) is 2.16. The summed E-state index contributed by atoms with van der Waals surface area (Å²) in [6, 6.07) is 0. The fraction of sp³-hybridized carbons (Fsp3) is 0.714. The quantitative estimate of drug-likeness (QED) is 0.763. The highest BCUT2D eigenvalue weighted by molar-refractivity contribution is 5.77. The number of carbonyl (C=O) groups is 2. The van der Waals surface area contributed by atoms with Gasteiger partial charge in [-0.25, -0.2) is 4.68 Å². The van der Waals surface area contributed by atoms with E-state index in [1.807, 2.05) is 0 Å². The van der Waals surface area contributed by atoms with Gasteiger partial charge in [0, 0.05) is 0 Å². The van der Waals surface area contributed by atoms with Gasteiger partial charge in [0.1, 0.15) is 18.8 Å². The summed E-state index contributed by atoms with van der Waals surface area (Å²) in [5.74, 6) is -0.696. The number of aliphatic carboxylic acids is 1. The first-order valence-corrected chi connectivity index (χ1v) is 7.53. The molecule has 1 aromatic heterocycles. The van der Waals surface area contributed by atoms with Gasteiger partial charge in [0.05, 0.1) is 18.8 Å². The summed E-state index contributed by atoms with van der Waals surface area (Å²) in [5, 5.41) is 18.8. The van der Waals surface area contributed by atoms with Crippen molar-refractivity contribution in [3.05, 3.63) is 11.9 Å². The van der Waals surface area contributed by atoms with E-state index < -0.39 is 5.97 Å². The predicted octanol–water partition coefficient (Wildman–Crippen LogP) is 0.574. The van der Waals surface area contributed by atoms with Crippen molar-refractivity contribution in [2.24, 2.45) is 5.92 Å². The van der Waals surface area contributed by atoms with Crippen LogP contribution in [-0.2, 0) is 27.4 Å². The van der Waals surface area contributed by atoms with Crippen LogP contribution in [0.5, 0.6) is 0 Å². The molecular weight excluding hydrogens is 288 g/mol. The summed E-state index contributed by atoms with van der Waals surface area (Å²) in [4.78, 5) is 22.3. The summed E-state index contributed by atoms with van der Waals surface area (Å²) in [5.41, 5.74) is 0.514. The first-order valence-electron chi connectivity index (χ1n) is 7.53. The first-order chi connectivity index (χ1) is 10.5. The molecule has 2 rings (SSSR count). The number of carboxylic acids is 1. The van der Waals surface area contributed by atoms with Crippen molar-refractivity contribution in [3.63, 3.8) is 0 Å². The molecule has 1 aliphatic carbocycles. The van der Waals surface area contributed by atoms with Crippen molar-refractivity contribution in [2.75, 3.05) is 6.61 Å². The fourth-order valence-electron chi connectivity index (χ4n) is 2.59. The molecule has 8 nitrogen and oxygen atoms in total. The molecule has 22 heavy (non-hydrogen) atoms. The third-order valence-corrected chi connectivity index (χ3v) is 3.81. The number of hydrogen-bond acceptors (Lipinski definition) is 5. The van der Waals surface area contributed by atoms with Crippen LogP contribution in [0.2, 0.25) is 0 Å². The Morgan fingerprint density at radius 1 is 1.45 bits per heavy atom. The van der Waals surface area contributed by atoms with Gasteiger partial charge in [-0.15, -0.1) is 5.10 Å². The van der Waals surface area contributed by atoms with Gasteiger partial charge in [-0.05, 0) is 18.8 Å². The molecule has 0 spiro atoms. The maximum absolute atomic E-state index is 11.8. The van der Waals surface area contributed by atoms with Gasteiger partial charge in [0.15, 0.2) is 0 Å². The predicted molar refractivity (Wildman–Crippen MR) is 76.9 cm³/mol. The number of nitrogens with zero attached hydrogens (tertiary/aromatic N) is 3. The SMILES string of the molecule is CC1CCCCC1OCC(=O)NCc1cn(CC(=O)O)nn1. The lowest BCUT2D eigenvalue weighted by Crippen LogP contribution is -2.33. The van der Waals surface area contributed by atoms with Gasteiger partial charge >= 0.3 is 5.97 Å². The van der Waals surface area contributed by atoms with E-state index in [9.17, 15) is 9.59 Å². The molecule has 122 valence electrons. The van der Waals surface area contributed by atoms with Crippen molar-refractivity contribution in [1.29, 1.82) is 0 Å². The lowest BCUT2D eigenvalue weighted by Gasteiger charge is -2.28. The van der Waals surface area contributed by atoms with Crippen LogP contribution in [0.15, 0.2) is 6.20 Å². The molecule has 1 aliphatic rings. The van der Waals surface area contributed by atoms with Crippen molar-refractivity contribution >= 4 is 11.9 Å². The Balaban J connectivity index is 1.68. The van der Waals surface area contributed by atoms with Gasteiger partial charge in [-0.2, -0.15) is 0 Å². The normalized spacial score (nSPS) is 21.5. The molecule has 1 amide bonds. The smallest absolute Gasteiger partial charge is 0.325 e. The number of ether oxygens (including phenoxy) is 1. The minimum absolute atomic E-state index is 0.0400. The highest BCUT2D eigenvalue weighted by Crippen LogP contribution is 2.25. The molecule has 0 aliphatic heterocycles. The van der Waals surface area contributed by atoms with E-state index in [1.165, 1.54) is 17.3 Å². The molecule has 1 heterocycles. The highest BCUT2D eigenvalue weighted by Gasteiger charge is 2.22. The Hall–Kier alpha value is -1.96. The molecule has 2 N–H and O–H groups in total. The lowest BCUT2D eigenvalue weighted by atomic mass is 9.88. The summed E-state index contributed by atoms with van der Waals surface area (Å²) in [7, 11) is 0. The Labute approximate surface area is 128 Å². The van der Waals surface area contributed by atoms with Gasteiger partial charge in [-0.1, -0.05) is 25.0 Å². The maximum atomic E-state index is 11.8. The Kier molecular flexibility index (Phi) is 5.88. The molecule has 1 aromatic rings. The van der Waals surface area contributed by atoms with Crippen LogP contribution in [0.4, 0.5) is 0 Å². The minimum atomic E-state index is -0.990. The van der Waals surface area contributed by atoms with Crippen LogP contribution < -0.4 is 5.32 Å². The van der Waals surface area contributed by atoms with Crippen LogP contribution in [0.3, 0.4) is 0 Å². The van der Waals surface area contributed by atoms with Gasteiger partial charge in [0.2, 0.25) is 5.91 Å². The van der Waals surface area contributed by atoms with Crippen molar-refractivity contribution in [3.8, 4) is 0 Å². The van der Waals surface area contributed by atoms with E-state index in [0.29, 0.717) is 11.6 Å². The van der Waals surface area contributed by atoms with E-state index in [1.54, 1.807) is 0 Å². The van der Waals surface area contributed by atoms with Crippen LogP contribution in [0.1, 0.15) is 38.3 Å². The highest BCUT2D eigenvalue weighted by atomic mass is 16.5. The van der Waals surface area contributed by atoms with E-state index in [0.717, 1.165) is 19.3 Å². The van der Waals surface area contributed by atoms with Crippen LogP contribution in [0, 0.1) is 5.92 Å². The standard InChI is InChI=1S/C14H22N4O4/c1-10-4-2-3-5-12(10)22-9-13(19)15-6-11-7-18(17-16-11)8-14(20)21/h7,10,12H,2-6,8-9H2,1H3,(H,15,19)(H,20,21). The molecule has 8 heteroatoms. The largest absolute Gasteiger partial charge is 0.480 e. The molecule has 2 unspecified atom stereocenters. The topological polar surface area (TPSA) is 106 Å². The monoisotopic (exact) mass is 310 g/mol. The average molecular weight is 310 g/mol. The Morgan fingerprint density at radius 3 is 2.95 bits per heavy atom. The Morgan fingerprint density at radius 2 is 2.23 bits per heavy atom. The van der Waals surface area contributed by atoms with E-state index in [-0.39, 0.29) is 31.7 Å². The van der Waals surface area contributed by atoms with Crippen molar-refractivity contribution in [2.45, 2.75) is 51.8 Å². The third kappa shape index (κ3) is 5.10. The van der Waals surface area contributed by atoms with Gasteiger partial charge in [0.25, 0.3) is 0 Å². The number of carboxylic acid groups (broad SMARTS) is 1. The van der Waals surface area contributed by atoms with E-state index >= 15 is 0 Å². The molecule has 1 saturated carbocycles. The van der Waals surface area contributed by atoms with Crippen LogP contribution in [0.25, 0.3) is 0 Å². The summed E-state index contributed by atoms with van der Waals surface area (Å²) < 4.78 is 6.88. The van der Waals surface area contributed by atoms with Gasteiger partial charge < -0.3 is 15.2 Å². The average Bonchev–Trinajstić information content (AvgIpc) is 2.91. The molecule has 2 atom stereocenters. The van der Waals surface area contributed by atoms with Crippen molar-refractivity contribution < 1.29 is 19.4 Å². The number of hydrogen-bond donors (Lipinski definition) is 2. The van der Waals surface area contributed by atoms with Crippen LogP contribution in [-0.4, -0.2) is 44.7 Å². The molecule has 0 saturated heterocycles. The molecule has 0 bridgehead atoms. The number of carbonyl (C=O) groups excluding carboxylic acids is 1. The lowest BCUT2D eigenvalue weighted by molar-refractivity contribution is -0.138. The van der Waals surface area contributed by atoms with E-state index in [4.69, 9.17) is 9.84 Å². The van der Waals surface area contributed by atoms with Gasteiger partial charge in [-0.3, -0.25) is 9.59 Å². The molecular formula is C14H22N4O4. The zero-order valence-electron chi connectivity index (χ0n) is 12.7. The van der Waals surface area contributed by atoms with E-state index in [2.05, 4.69) is 22.6 Å². The number of amides is 1. The first kappa shape index (κ1) is 16.4. The molecule has 0 radical (unpaired) electrons. The number of rotatable bonds is 7. The maximum Gasteiger partial charge on any atom is 0.325 e. The zero-order chi connectivity index (χ0) is 15.9. The summed E-state index contributed by atoms with van der Waals surface area (Å²) >= 11 is 0. The fourth-order valence-corrected chi connectivity index (χ4v) is 2.59. The third-order valence-electron chi connectivity index (χ3n) is 3.81. The minimum Gasteiger partial charge on any atom is -0.480 e. The second kappa shape index (κ2) is 7.88. The van der Waals surface area contributed by atoms with Crippen LogP contribution >= 0.6 is 0 Å².